The highest BCUT2D eigenvalue weighted by Gasteiger charge is 2.16. The fourth-order valence-electron chi connectivity index (χ4n) is 1.58. The van der Waals surface area contributed by atoms with Crippen LogP contribution in [0, 0.1) is 0 Å². The molecule has 0 saturated heterocycles. The lowest BCUT2D eigenvalue weighted by molar-refractivity contribution is 0.0635. The molecule has 0 aliphatic heterocycles. The van der Waals surface area contributed by atoms with Gasteiger partial charge in [0.05, 0.1) is 5.51 Å². The molecular weight excluding hydrogens is 302 g/mol. The van der Waals surface area contributed by atoms with E-state index < -0.39 is 11.7 Å². The van der Waals surface area contributed by atoms with E-state index in [0.29, 0.717) is 17.1 Å². The van der Waals surface area contributed by atoms with E-state index in [1.54, 1.807) is 55.9 Å². The van der Waals surface area contributed by atoms with Crippen molar-refractivity contribution in [3.63, 3.8) is 0 Å². The zero-order chi connectivity index (χ0) is 16.2. The van der Waals surface area contributed by atoms with E-state index in [0.717, 1.165) is 0 Å². The number of hydrogen-bond donors (Lipinski definition) is 2. The Morgan fingerprint density at radius 3 is 2.18 bits per heavy atom. The number of rotatable bonds is 3. The van der Waals surface area contributed by atoms with Crippen LogP contribution < -0.4 is 10.6 Å². The van der Waals surface area contributed by atoms with Crippen LogP contribution >= 0.6 is 11.3 Å². The molecule has 0 spiro atoms. The number of benzene rings is 1. The van der Waals surface area contributed by atoms with Crippen LogP contribution in [0.2, 0.25) is 0 Å². The van der Waals surface area contributed by atoms with Crippen molar-refractivity contribution in [3.05, 3.63) is 40.8 Å². The van der Waals surface area contributed by atoms with Crippen LogP contribution in [-0.2, 0) is 4.74 Å². The second kappa shape index (κ2) is 6.57. The van der Waals surface area contributed by atoms with Gasteiger partial charge in [0, 0.05) is 16.8 Å². The standard InChI is InChI=1S/C15H17N3O3S/c1-15(2,3)21-14(20)18-11-6-4-10(5-7-11)17-13(19)12-8-22-9-16-12/h4-9H,1-3H3,(H,17,19)(H,18,20). The molecule has 1 aromatic heterocycles. The first-order valence-electron chi connectivity index (χ1n) is 6.63. The Morgan fingerprint density at radius 2 is 1.68 bits per heavy atom. The van der Waals surface area contributed by atoms with Gasteiger partial charge in [-0.2, -0.15) is 0 Å². The first-order valence-corrected chi connectivity index (χ1v) is 7.57. The van der Waals surface area contributed by atoms with Crippen molar-refractivity contribution in [2.75, 3.05) is 10.6 Å². The van der Waals surface area contributed by atoms with Gasteiger partial charge in [-0.1, -0.05) is 0 Å². The van der Waals surface area contributed by atoms with E-state index in [1.165, 1.54) is 11.3 Å². The number of aromatic nitrogens is 1. The monoisotopic (exact) mass is 319 g/mol. The molecule has 2 amide bonds. The van der Waals surface area contributed by atoms with Crippen molar-refractivity contribution in [2.45, 2.75) is 26.4 Å². The van der Waals surface area contributed by atoms with Gasteiger partial charge in [0.1, 0.15) is 11.3 Å². The van der Waals surface area contributed by atoms with Gasteiger partial charge >= 0.3 is 6.09 Å². The summed E-state index contributed by atoms with van der Waals surface area (Å²) in [5.41, 5.74) is 2.63. The van der Waals surface area contributed by atoms with E-state index in [2.05, 4.69) is 15.6 Å². The number of nitrogens with zero attached hydrogens (tertiary/aromatic N) is 1. The maximum absolute atomic E-state index is 11.8. The maximum Gasteiger partial charge on any atom is 0.412 e. The molecule has 2 rings (SSSR count). The molecule has 0 radical (unpaired) electrons. The Balaban J connectivity index is 1.93. The van der Waals surface area contributed by atoms with E-state index >= 15 is 0 Å². The van der Waals surface area contributed by atoms with Crippen LogP contribution in [-0.4, -0.2) is 22.6 Å². The van der Waals surface area contributed by atoms with Crippen LogP contribution in [0.15, 0.2) is 35.2 Å². The molecule has 22 heavy (non-hydrogen) atoms. The van der Waals surface area contributed by atoms with Crippen LogP contribution in [0.1, 0.15) is 31.3 Å². The Hall–Kier alpha value is -2.41. The molecule has 6 nitrogen and oxygen atoms in total. The second-order valence-corrected chi connectivity index (χ2v) is 6.25. The molecule has 2 aromatic rings. The third kappa shape index (κ3) is 4.85. The molecule has 0 fully saturated rings. The zero-order valence-electron chi connectivity index (χ0n) is 12.5. The number of ether oxygens (including phenoxy) is 1. The van der Waals surface area contributed by atoms with Crippen LogP contribution in [0.3, 0.4) is 0 Å². The summed E-state index contributed by atoms with van der Waals surface area (Å²) in [5.74, 6) is -0.269. The van der Waals surface area contributed by atoms with Crippen molar-refractivity contribution < 1.29 is 14.3 Å². The lowest BCUT2D eigenvalue weighted by atomic mass is 10.2. The summed E-state index contributed by atoms with van der Waals surface area (Å²) in [5, 5.41) is 7.02. The predicted octanol–water partition coefficient (Wildman–Crippen LogP) is 3.74. The minimum absolute atomic E-state index is 0.269. The average Bonchev–Trinajstić information content (AvgIpc) is 2.92. The van der Waals surface area contributed by atoms with E-state index in [9.17, 15) is 9.59 Å². The number of carbonyl (C=O) groups excluding carboxylic acids is 2. The summed E-state index contributed by atoms with van der Waals surface area (Å²) in [6.45, 7) is 5.39. The van der Waals surface area contributed by atoms with Gasteiger partial charge in [-0.05, 0) is 45.0 Å². The fraction of sp³-hybridized carbons (Fsp3) is 0.267. The molecule has 1 heterocycles. The lowest BCUT2D eigenvalue weighted by Crippen LogP contribution is -2.27. The summed E-state index contributed by atoms with van der Waals surface area (Å²) in [6, 6.07) is 6.75. The quantitative estimate of drug-likeness (QED) is 0.903. The van der Waals surface area contributed by atoms with Gasteiger partial charge < -0.3 is 10.1 Å². The van der Waals surface area contributed by atoms with Crippen LogP contribution in [0.4, 0.5) is 16.2 Å². The van der Waals surface area contributed by atoms with Gasteiger partial charge in [0.25, 0.3) is 5.91 Å². The minimum Gasteiger partial charge on any atom is -0.444 e. The first-order chi connectivity index (χ1) is 10.3. The highest BCUT2D eigenvalue weighted by molar-refractivity contribution is 7.07. The van der Waals surface area contributed by atoms with Crippen LogP contribution in [0.5, 0.6) is 0 Å². The number of carbonyl (C=O) groups is 2. The summed E-state index contributed by atoms with van der Waals surface area (Å²) in [6.07, 6.45) is -0.522. The number of anilines is 2. The van der Waals surface area contributed by atoms with E-state index in [-0.39, 0.29) is 5.91 Å². The summed E-state index contributed by atoms with van der Waals surface area (Å²) in [4.78, 5) is 27.4. The topological polar surface area (TPSA) is 80.3 Å². The summed E-state index contributed by atoms with van der Waals surface area (Å²) in [7, 11) is 0. The van der Waals surface area contributed by atoms with Gasteiger partial charge in [-0.25, -0.2) is 9.78 Å². The average molecular weight is 319 g/mol. The van der Waals surface area contributed by atoms with Gasteiger partial charge in [0.15, 0.2) is 0 Å². The zero-order valence-corrected chi connectivity index (χ0v) is 13.4. The Bertz CT molecular complexity index is 646. The molecule has 0 aliphatic rings. The Kier molecular flexibility index (Phi) is 4.77. The molecule has 0 unspecified atom stereocenters. The van der Waals surface area contributed by atoms with Gasteiger partial charge in [0.2, 0.25) is 0 Å². The number of amides is 2. The number of nitrogens with one attached hydrogen (secondary N) is 2. The SMILES string of the molecule is CC(C)(C)OC(=O)Nc1ccc(NC(=O)c2cscn2)cc1. The van der Waals surface area contributed by atoms with Gasteiger partial charge in [-0.3, -0.25) is 10.1 Å². The van der Waals surface area contributed by atoms with E-state index in [4.69, 9.17) is 4.74 Å². The minimum atomic E-state index is -0.550. The molecule has 0 saturated carbocycles. The molecule has 0 atom stereocenters. The summed E-state index contributed by atoms with van der Waals surface area (Å²) < 4.78 is 5.16. The van der Waals surface area contributed by atoms with Gasteiger partial charge in [-0.15, -0.1) is 11.3 Å². The Labute approximate surface area is 132 Å². The molecule has 0 bridgehead atoms. The second-order valence-electron chi connectivity index (χ2n) is 5.53. The summed E-state index contributed by atoms with van der Waals surface area (Å²) >= 11 is 1.36. The van der Waals surface area contributed by atoms with Crippen molar-refractivity contribution >= 4 is 34.7 Å². The fourth-order valence-corrected chi connectivity index (χ4v) is 2.11. The molecule has 7 heteroatoms. The third-order valence-corrected chi connectivity index (χ3v) is 3.04. The molecule has 116 valence electrons. The lowest BCUT2D eigenvalue weighted by Gasteiger charge is -2.19. The molecule has 1 aromatic carbocycles. The Morgan fingerprint density at radius 1 is 1.09 bits per heavy atom. The normalized spacial score (nSPS) is 10.9. The largest absolute Gasteiger partial charge is 0.444 e. The van der Waals surface area contributed by atoms with Crippen LogP contribution in [0.25, 0.3) is 0 Å². The highest BCUT2D eigenvalue weighted by atomic mass is 32.1. The highest BCUT2D eigenvalue weighted by Crippen LogP contribution is 2.16. The molecular formula is C15H17N3O3S. The molecule has 2 N–H and O–H groups in total. The maximum atomic E-state index is 11.8. The smallest absolute Gasteiger partial charge is 0.412 e. The molecule has 0 aliphatic carbocycles. The van der Waals surface area contributed by atoms with E-state index in [1.807, 2.05) is 0 Å². The number of thiazole rings is 1. The first kappa shape index (κ1) is 16.0. The predicted molar refractivity (Wildman–Crippen MR) is 86.4 cm³/mol. The van der Waals surface area contributed by atoms with Crippen molar-refractivity contribution in [1.82, 2.24) is 4.98 Å². The number of hydrogen-bond acceptors (Lipinski definition) is 5. The van der Waals surface area contributed by atoms with Crippen molar-refractivity contribution in [1.29, 1.82) is 0 Å². The van der Waals surface area contributed by atoms with Crippen molar-refractivity contribution in [2.24, 2.45) is 0 Å². The van der Waals surface area contributed by atoms with Crippen molar-refractivity contribution in [3.8, 4) is 0 Å². The third-order valence-electron chi connectivity index (χ3n) is 2.45.